The number of hydrogen-bond donors (Lipinski definition) is 0. The number of hydrogen-bond acceptors (Lipinski definition) is 3. The molecule has 1 aromatic heterocycles. The minimum Gasteiger partial charge on any atom is -0.356 e. The van der Waals surface area contributed by atoms with Crippen LogP contribution in [0.25, 0.3) is 0 Å². The summed E-state index contributed by atoms with van der Waals surface area (Å²) in [5.41, 5.74) is -0.126. The molecule has 1 aliphatic heterocycles. The van der Waals surface area contributed by atoms with E-state index in [1.165, 1.54) is 4.68 Å². The molecule has 0 amide bonds. The summed E-state index contributed by atoms with van der Waals surface area (Å²) in [4.78, 5) is 11.6. The summed E-state index contributed by atoms with van der Waals surface area (Å²) in [6, 6.07) is 1.64. The minimum absolute atomic E-state index is 0.126. The second kappa shape index (κ2) is 4.23. The molecule has 76 valence electrons. The van der Waals surface area contributed by atoms with Crippen molar-refractivity contribution >= 4 is 15.9 Å². The van der Waals surface area contributed by atoms with Gasteiger partial charge >= 0.3 is 0 Å². The fourth-order valence-corrected chi connectivity index (χ4v) is 1.83. The monoisotopic (exact) mass is 258 g/mol. The van der Waals surface area contributed by atoms with Crippen molar-refractivity contribution in [2.24, 2.45) is 0 Å². The van der Waals surface area contributed by atoms with Crippen molar-refractivity contribution in [3.8, 4) is 0 Å². The average molecular weight is 259 g/mol. The molecule has 1 fully saturated rings. The van der Waals surface area contributed by atoms with Crippen molar-refractivity contribution in [3.63, 3.8) is 0 Å². The van der Waals surface area contributed by atoms with Gasteiger partial charge in [0.2, 0.25) is 0 Å². The van der Waals surface area contributed by atoms with Gasteiger partial charge in [-0.25, -0.2) is 0 Å². The molecular weight excluding hydrogens is 248 g/mol. The van der Waals surface area contributed by atoms with Crippen LogP contribution in [0.1, 0.15) is 25.5 Å². The predicted molar refractivity (Wildman–Crippen MR) is 55.0 cm³/mol. The van der Waals surface area contributed by atoms with Gasteiger partial charge in [0.25, 0.3) is 5.56 Å². The van der Waals surface area contributed by atoms with Gasteiger partial charge in [-0.2, -0.15) is 9.78 Å². The second-order valence-corrected chi connectivity index (χ2v) is 4.10. The van der Waals surface area contributed by atoms with E-state index in [-0.39, 0.29) is 11.8 Å². The fourth-order valence-electron chi connectivity index (χ4n) is 1.53. The van der Waals surface area contributed by atoms with Crippen molar-refractivity contribution in [2.75, 3.05) is 6.61 Å². The molecule has 14 heavy (non-hydrogen) atoms. The van der Waals surface area contributed by atoms with E-state index in [0.29, 0.717) is 11.1 Å². The molecule has 0 aromatic carbocycles. The van der Waals surface area contributed by atoms with Crippen molar-refractivity contribution < 1.29 is 4.74 Å². The highest BCUT2D eigenvalue weighted by molar-refractivity contribution is 9.10. The highest BCUT2D eigenvalue weighted by atomic mass is 79.9. The lowest BCUT2D eigenvalue weighted by Gasteiger charge is -2.23. The third-order valence-corrected chi connectivity index (χ3v) is 2.86. The van der Waals surface area contributed by atoms with E-state index in [1.807, 2.05) is 0 Å². The molecule has 0 N–H and O–H groups in total. The Kier molecular flexibility index (Phi) is 2.98. The molecule has 0 spiro atoms. The van der Waals surface area contributed by atoms with E-state index in [1.54, 1.807) is 12.3 Å². The van der Waals surface area contributed by atoms with Crippen LogP contribution >= 0.6 is 15.9 Å². The van der Waals surface area contributed by atoms with Crippen molar-refractivity contribution in [2.45, 2.75) is 25.5 Å². The maximum absolute atomic E-state index is 11.6. The van der Waals surface area contributed by atoms with Gasteiger partial charge in [0.15, 0.2) is 6.23 Å². The maximum Gasteiger partial charge on any atom is 0.283 e. The summed E-state index contributed by atoms with van der Waals surface area (Å²) >= 11 is 3.18. The molecule has 4 nitrogen and oxygen atoms in total. The molecule has 1 aromatic rings. The lowest BCUT2D eigenvalue weighted by Crippen LogP contribution is -2.30. The standard InChI is InChI=1S/C9H11BrN2O2/c10-7-4-5-11-12(9(7)13)8-3-1-2-6-14-8/h4-5,8H,1-3,6H2/t8-/m1/s1. The molecule has 0 saturated carbocycles. The molecule has 0 unspecified atom stereocenters. The Labute approximate surface area is 90.0 Å². The Morgan fingerprint density at radius 3 is 3.14 bits per heavy atom. The molecule has 2 heterocycles. The highest BCUT2D eigenvalue weighted by Crippen LogP contribution is 2.20. The van der Waals surface area contributed by atoms with Gasteiger partial charge in [0.1, 0.15) is 0 Å². The van der Waals surface area contributed by atoms with Crippen molar-refractivity contribution in [1.29, 1.82) is 0 Å². The second-order valence-electron chi connectivity index (χ2n) is 3.25. The van der Waals surface area contributed by atoms with Gasteiger partial charge in [0, 0.05) is 12.8 Å². The number of rotatable bonds is 1. The Hall–Kier alpha value is -0.680. The maximum atomic E-state index is 11.6. The Bertz CT molecular complexity index is 371. The smallest absolute Gasteiger partial charge is 0.283 e. The largest absolute Gasteiger partial charge is 0.356 e. The summed E-state index contributed by atoms with van der Waals surface area (Å²) in [5.74, 6) is 0. The molecule has 0 bridgehead atoms. The van der Waals surface area contributed by atoms with Gasteiger partial charge in [-0.3, -0.25) is 4.79 Å². The number of aromatic nitrogens is 2. The zero-order valence-electron chi connectivity index (χ0n) is 7.65. The molecule has 1 atom stereocenters. The van der Waals surface area contributed by atoms with Crippen LogP contribution in [0, 0.1) is 0 Å². The van der Waals surface area contributed by atoms with E-state index >= 15 is 0 Å². The van der Waals surface area contributed by atoms with Crippen LogP contribution in [0.5, 0.6) is 0 Å². The molecule has 1 aliphatic rings. The normalized spacial score (nSPS) is 22.2. The van der Waals surface area contributed by atoms with Crippen molar-refractivity contribution in [1.82, 2.24) is 9.78 Å². The van der Waals surface area contributed by atoms with Crippen LogP contribution in [-0.4, -0.2) is 16.4 Å². The molecule has 2 rings (SSSR count). The third kappa shape index (κ3) is 1.88. The SMILES string of the molecule is O=c1c(Br)ccnn1[C@H]1CCCCO1. The van der Waals surface area contributed by atoms with Crippen LogP contribution in [0.3, 0.4) is 0 Å². The first-order valence-electron chi connectivity index (χ1n) is 4.64. The van der Waals surface area contributed by atoms with Gasteiger partial charge in [-0.1, -0.05) is 0 Å². The lowest BCUT2D eigenvalue weighted by molar-refractivity contribution is -0.0426. The first-order valence-corrected chi connectivity index (χ1v) is 5.43. The van der Waals surface area contributed by atoms with Gasteiger partial charge in [0.05, 0.1) is 4.47 Å². The van der Waals surface area contributed by atoms with Crippen LogP contribution in [0.4, 0.5) is 0 Å². The lowest BCUT2D eigenvalue weighted by atomic mass is 10.2. The van der Waals surface area contributed by atoms with Gasteiger partial charge in [-0.15, -0.1) is 0 Å². The third-order valence-electron chi connectivity index (χ3n) is 2.25. The first kappa shape index (κ1) is 9.86. The molecule has 5 heteroatoms. The summed E-state index contributed by atoms with van der Waals surface area (Å²) in [5, 5.41) is 4.01. The summed E-state index contributed by atoms with van der Waals surface area (Å²) in [6.07, 6.45) is 4.44. The van der Waals surface area contributed by atoms with E-state index in [4.69, 9.17) is 4.74 Å². The van der Waals surface area contributed by atoms with E-state index in [0.717, 1.165) is 19.3 Å². The summed E-state index contributed by atoms with van der Waals surface area (Å²) < 4.78 is 7.41. The van der Waals surface area contributed by atoms with E-state index in [2.05, 4.69) is 21.0 Å². The summed E-state index contributed by atoms with van der Waals surface area (Å²) in [6.45, 7) is 0.714. The highest BCUT2D eigenvalue weighted by Gasteiger charge is 2.18. The van der Waals surface area contributed by atoms with Crippen LogP contribution in [-0.2, 0) is 4.74 Å². The van der Waals surface area contributed by atoms with Gasteiger partial charge in [-0.05, 0) is 41.3 Å². The topological polar surface area (TPSA) is 44.1 Å². The predicted octanol–water partition coefficient (Wildman–Crippen LogP) is 1.70. The number of ether oxygens (including phenoxy) is 1. The molecule has 0 radical (unpaired) electrons. The van der Waals surface area contributed by atoms with E-state index in [9.17, 15) is 4.79 Å². The van der Waals surface area contributed by atoms with Gasteiger partial charge < -0.3 is 4.74 Å². The molecule has 1 saturated heterocycles. The summed E-state index contributed by atoms with van der Waals surface area (Å²) in [7, 11) is 0. The average Bonchev–Trinajstić information content (AvgIpc) is 2.23. The van der Waals surface area contributed by atoms with Crippen LogP contribution < -0.4 is 5.56 Å². The van der Waals surface area contributed by atoms with Crippen LogP contribution in [0.15, 0.2) is 21.5 Å². The number of halogens is 1. The number of nitrogens with zero attached hydrogens (tertiary/aromatic N) is 2. The minimum atomic E-state index is -0.186. The zero-order chi connectivity index (χ0) is 9.97. The van der Waals surface area contributed by atoms with E-state index < -0.39 is 0 Å². The molecular formula is C9H11BrN2O2. The fraction of sp³-hybridized carbons (Fsp3) is 0.556. The Balaban J connectivity index is 2.31. The Morgan fingerprint density at radius 2 is 2.43 bits per heavy atom. The quantitative estimate of drug-likeness (QED) is 0.771. The van der Waals surface area contributed by atoms with Crippen molar-refractivity contribution in [3.05, 3.63) is 27.1 Å². The zero-order valence-corrected chi connectivity index (χ0v) is 9.24. The molecule has 0 aliphatic carbocycles. The first-order chi connectivity index (χ1) is 6.79. The van der Waals surface area contributed by atoms with Crippen LogP contribution in [0.2, 0.25) is 0 Å². The Morgan fingerprint density at radius 1 is 1.57 bits per heavy atom.